The van der Waals surface area contributed by atoms with Crippen molar-refractivity contribution in [1.29, 1.82) is 0 Å². The number of allylic oxidation sites excluding steroid dienone is 1. The molecule has 1 aliphatic heterocycles. The van der Waals surface area contributed by atoms with Gasteiger partial charge in [-0.25, -0.2) is 0 Å². The van der Waals surface area contributed by atoms with Crippen LogP contribution in [-0.4, -0.2) is 68.3 Å². The van der Waals surface area contributed by atoms with E-state index in [2.05, 4.69) is 18.7 Å². The van der Waals surface area contributed by atoms with Crippen molar-refractivity contribution < 1.29 is 14.3 Å². The van der Waals surface area contributed by atoms with E-state index in [1.807, 2.05) is 36.1 Å². The lowest BCUT2D eigenvalue weighted by molar-refractivity contribution is -0.130. The van der Waals surface area contributed by atoms with Gasteiger partial charge in [0.1, 0.15) is 5.75 Å². The lowest BCUT2D eigenvalue weighted by Gasteiger charge is -2.44. The van der Waals surface area contributed by atoms with Crippen LogP contribution in [0.3, 0.4) is 0 Å². The number of carbonyl (C=O) groups is 1. The topological polar surface area (TPSA) is 42.0 Å². The molecular formula is C20H30N2O3. The minimum atomic E-state index is 0.0819. The van der Waals surface area contributed by atoms with Gasteiger partial charge in [0, 0.05) is 44.9 Å². The average molecular weight is 346 g/mol. The van der Waals surface area contributed by atoms with E-state index in [1.54, 1.807) is 20.3 Å². The van der Waals surface area contributed by atoms with E-state index in [0.717, 1.165) is 43.1 Å². The Labute approximate surface area is 151 Å². The second-order valence-corrected chi connectivity index (χ2v) is 6.73. The second kappa shape index (κ2) is 9.02. The van der Waals surface area contributed by atoms with E-state index in [4.69, 9.17) is 9.47 Å². The van der Waals surface area contributed by atoms with Crippen LogP contribution in [0.4, 0.5) is 0 Å². The molecule has 1 aromatic carbocycles. The number of nitrogens with zero attached hydrogens (tertiary/aromatic N) is 2. The quantitative estimate of drug-likeness (QED) is 0.743. The third-order valence-electron chi connectivity index (χ3n) is 4.85. The molecule has 0 saturated carbocycles. The fourth-order valence-corrected chi connectivity index (χ4v) is 3.39. The number of benzene rings is 1. The zero-order chi connectivity index (χ0) is 18.4. The van der Waals surface area contributed by atoms with Gasteiger partial charge in [-0.3, -0.25) is 9.69 Å². The summed E-state index contributed by atoms with van der Waals surface area (Å²) in [7, 11) is 3.37. The van der Waals surface area contributed by atoms with Crippen LogP contribution in [-0.2, 0) is 9.53 Å². The third-order valence-corrected chi connectivity index (χ3v) is 4.85. The summed E-state index contributed by atoms with van der Waals surface area (Å²) in [6.07, 6.45) is 1.74. The molecule has 1 heterocycles. The first-order valence-electron chi connectivity index (χ1n) is 8.82. The van der Waals surface area contributed by atoms with Gasteiger partial charge in [0.25, 0.3) is 0 Å². The highest BCUT2D eigenvalue weighted by Gasteiger charge is 2.30. The maximum absolute atomic E-state index is 12.7. The van der Waals surface area contributed by atoms with Crippen LogP contribution in [0.5, 0.6) is 5.75 Å². The molecule has 5 nitrogen and oxygen atoms in total. The van der Waals surface area contributed by atoms with E-state index in [9.17, 15) is 4.79 Å². The van der Waals surface area contributed by atoms with E-state index in [-0.39, 0.29) is 5.91 Å². The number of methoxy groups -OCH3 is 2. The van der Waals surface area contributed by atoms with Gasteiger partial charge >= 0.3 is 0 Å². The van der Waals surface area contributed by atoms with Crippen LogP contribution in [0.15, 0.2) is 30.3 Å². The first-order valence-corrected chi connectivity index (χ1v) is 8.82. The van der Waals surface area contributed by atoms with Crippen LogP contribution in [0.2, 0.25) is 0 Å². The highest BCUT2D eigenvalue weighted by molar-refractivity contribution is 5.95. The Bertz CT molecular complexity index is 585. The van der Waals surface area contributed by atoms with Gasteiger partial charge < -0.3 is 14.4 Å². The minimum absolute atomic E-state index is 0.0819. The summed E-state index contributed by atoms with van der Waals surface area (Å²) in [6.45, 7) is 9.44. The first-order chi connectivity index (χ1) is 12.0. The maximum Gasteiger partial charge on any atom is 0.246 e. The van der Waals surface area contributed by atoms with Crippen LogP contribution >= 0.6 is 0 Å². The fourth-order valence-electron chi connectivity index (χ4n) is 3.39. The molecule has 1 aromatic rings. The zero-order valence-electron chi connectivity index (χ0n) is 16.0. The molecule has 1 aliphatic rings. The van der Waals surface area contributed by atoms with Crippen LogP contribution in [0.1, 0.15) is 26.3 Å². The molecule has 2 atom stereocenters. The summed E-state index contributed by atoms with van der Waals surface area (Å²) < 4.78 is 10.4. The normalized spacial score (nSPS) is 22.1. The van der Waals surface area contributed by atoms with Crippen LogP contribution in [0.25, 0.3) is 5.57 Å². The Hall–Kier alpha value is -1.85. The van der Waals surface area contributed by atoms with Crippen molar-refractivity contribution in [3.8, 4) is 5.75 Å². The van der Waals surface area contributed by atoms with Crippen molar-refractivity contribution in [2.24, 2.45) is 0 Å². The van der Waals surface area contributed by atoms with E-state index >= 15 is 0 Å². The summed E-state index contributed by atoms with van der Waals surface area (Å²) in [4.78, 5) is 17.1. The maximum atomic E-state index is 12.7. The number of hydrogen-bond donors (Lipinski definition) is 0. The Morgan fingerprint density at radius 2 is 1.76 bits per heavy atom. The summed E-state index contributed by atoms with van der Waals surface area (Å²) >= 11 is 0. The van der Waals surface area contributed by atoms with Gasteiger partial charge in [-0.2, -0.15) is 0 Å². The molecule has 0 aliphatic carbocycles. The number of rotatable bonds is 6. The summed E-state index contributed by atoms with van der Waals surface area (Å²) in [5.74, 6) is 0.899. The number of carbonyl (C=O) groups excluding carboxylic acids is 1. The molecule has 1 amide bonds. The molecule has 2 unspecified atom stereocenters. The standard InChI is InChI=1S/C20H30N2O3/c1-15(18-6-8-19(25-5)9-7-18)12-20(23)21-13-16(2)22(10-11-24-4)17(3)14-21/h6-9,12,16-17H,10-11,13-14H2,1-5H3/b15-12+. The first kappa shape index (κ1) is 19.5. The summed E-state index contributed by atoms with van der Waals surface area (Å²) in [5, 5.41) is 0. The van der Waals surface area contributed by atoms with Gasteiger partial charge in [-0.15, -0.1) is 0 Å². The number of amides is 1. The molecule has 1 saturated heterocycles. The molecule has 2 rings (SSSR count). The molecule has 0 spiro atoms. The Morgan fingerprint density at radius 3 is 2.28 bits per heavy atom. The van der Waals surface area contributed by atoms with E-state index < -0.39 is 0 Å². The molecule has 25 heavy (non-hydrogen) atoms. The predicted octanol–water partition coefficient (Wildman–Crippen LogP) is 2.67. The van der Waals surface area contributed by atoms with Crippen molar-refractivity contribution in [1.82, 2.24) is 9.80 Å². The molecule has 0 N–H and O–H groups in total. The van der Waals surface area contributed by atoms with Crippen molar-refractivity contribution in [2.45, 2.75) is 32.9 Å². The number of hydrogen-bond acceptors (Lipinski definition) is 4. The molecule has 0 bridgehead atoms. The van der Waals surface area contributed by atoms with Gasteiger partial charge in [-0.05, 0) is 44.0 Å². The van der Waals surface area contributed by atoms with Gasteiger partial charge in [-0.1, -0.05) is 12.1 Å². The molecule has 0 aromatic heterocycles. The molecular weight excluding hydrogens is 316 g/mol. The molecule has 138 valence electrons. The minimum Gasteiger partial charge on any atom is -0.497 e. The van der Waals surface area contributed by atoms with Crippen LogP contribution in [0, 0.1) is 0 Å². The van der Waals surface area contributed by atoms with Crippen molar-refractivity contribution in [3.05, 3.63) is 35.9 Å². The summed E-state index contributed by atoms with van der Waals surface area (Å²) in [5.41, 5.74) is 2.00. The van der Waals surface area contributed by atoms with Gasteiger partial charge in [0.05, 0.1) is 13.7 Å². The molecule has 1 fully saturated rings. The zero-order valence-corrected chi connectivity index (χ0v) is 16.0. The fraction of sp³-hybridized carbons (Fsp3) is 0.550. The lowest BCUT2D eigenvalue weighted by atomic mass is 10.1. The van der Waals surface area contributed by atoms with E-state index in [1.165, 1.54) is 0 Å². The Kier molecular flexibility index (Phi) is 7.02. The highest BCUT2D eigenvalue weighted by atomic mass is 16.5. The Balaban J connectivity index is 2.02. The van der Waals surface area contributed by atoms with Gasteiger partial charge in [0.2, 0.25) is 5.91 Å². The molecule has 5 heteroatoms. The predicted molar refractivity (Wildman–Crippen MR) is 101 cm³/mol. The lowest BCUT2D eigenvalue weighted by Crippen LogP contribution is -2.58. The van der Waals surface area contributed by atoms with Crippen molar-refractivity contribution >= 4 is 11.5 Å². The molecule has 0 radical (unpaired) electrons. The van der Waals surface area contributed by atoms with E-state index in [0.29, 0.717) is 12.1 Å². The highest BCUT2D eigenvalue weighted by Crippen LogP contribution is 2.20. The Morgan fingerprint density at radius 1 is 1.16 bits per heavy atom. The SMILES string of the molecule is COCCN1C(C)CN(C(=O)/C=C(\C)c2ccc(OC)cc2)CC1C. The number of piperazine rings is 1. The largest absolute Gasteiger partial charge is 0.497 e. The van der Waals surface area contributed by atoms with Crippen LogP contribution < -0.4 is 4.74 Å². The average Bonchev–Trinajstić information content (AvgIpc) is 2.61. The summed E-state index contributed by atoms with van der Waals surface area (Å²) in [6, 6.07) is 8.44. The third kappa shape index (κ3) is 5.06. The number of ether oxygens (including phenoxy) is 2. The monoisotopic (exact) mass is 346 g/mol. The van der Waals surface area contributed by atoms with Gasteiger partial charge in [0.15, 0.2) is 0 Å². The second-order valence-electron chi connectivity index (χ2n) is 6.73. The van der Waals surface area contributed by atoms with Crippen molar-refractivity contribution in [3.63, 3.8) is 0 Å². The smallest absolute Gasteiger partial charge is 0.246 e. The van der Waals surface area contributed by atoms with Crippen molar-refractivity contribution in [2.75, 3.05) is 40.5 Å².